The molecule has 0 aromatic rings. The van der Waals surface area contributed by atoms with Crippen molar-refractivity contribution in [3.63, 3.8) is 0 Å². The highest BCUT2D eigenvalue weighted by Crippen LogP contribution is 2.48. The molecule has 0 aromatic heterocycles. The molecule has 0 N–H and O–H groups in total. The summed E-state index contributed by atoms with van der Waals surface area (Å²) in [6, 6.07) is 0. The van der Waals surface area contributed by atoms with Crippen molar-refractivity contribution in [1.82, 2.24) is 0 Å². The van der Waals surface area contributed by atoms with Crippen molar-refractivity contribution in [3.8, 4) is 0 Å². The lowest BCUT2D eigenvalue weighted by atomic mass is 9.76. The summed E-state index contributed by atoms with van der Waals surface area (Å²) in [6.07, 6.45) is 10.2. The summed E-state index contributed by atoms with van der Waals surface area (Å²) in [5.41, 5.74) is 2.21. The van der Waals surface area contributed by atoms with Gasteiger partial charge < -0.3 is 14.2 Å². The molecule has 0 aliphatic carbocycles. The molecular formula is C22H34O4. The fourth-order valence-electron chi connectivity index (χ4n) is 4.49. The van der Waals surface area contributed by atoms with Crippen LogP contribution in [0, 0.1) is 5.92 Å². The predicted octanol–water partition coefficient (Wildman–Crippen LogP) is 4.73. The first kappa shape index (κ1) is 19.6. The van der Waals surface area contributed by atoms with Crippen LogP contribution < -0.4 is 0 Å². The molecule has 3 rings (SSSR count). The molecule has 0 radical (unpaired) electrons. The van der Waals surface area contributed by atoms with E-state index in [0.717, 1.165) is 45.1 Å². The van der Waals surface area contributed by atoms with Crippen molar-refractivity contribution in [2.45, 2.75) is 96.6 Å². The van der Waals surface area contributed by atoms with Gasteiger partial charge in [0, 0.05) is 12.8 Å². The van der Waals surface area contributed by atoms with Gasteiger partial charge in [-0.05, 0) is 66.2 Å². The Morgan fingerprint density at radius 2 is 1.88 bits per heavy atom. The van der Waals surface area contributed by atoms with Crippen LogP contribution >= 0.6 is 0 Å². The largest absolute Gasteiger partial charge is 0.459 e. The second kappa shape index (κ2) is 7.47. The van der Waals surface area contributed by atoms with Crippen LogP contribution in [-0.2, 0) is 19.0 Å². The first-order chi connectivity index (χ1) is 12.2. The molecule has 0 saturated carbocycles. The van der Waals surface area contributed by atoms with Crippen LogP contribution in [0.2, 0.25) is 0 Å². The van der Waals surface area contributed by atoms with Crippen LogP contribution in [0.5, 0.6) is 0 Å². The minimum absolute atomic E-state index is 0.0174. The molecule has 3 aliphatic heterocycles. The van der Waals surface area contributed by atoms with Crippen LogP contribution in [-0.4, -0.2) is 36.0 Å². The standard InChI is InChI=1S/C22H34O4/c1-15-7-6-8-16(2)13-19-18(22(5)14-24-22)11-12-21(4,26-19)20(10-9-15)25-17(3)23/h7,13,18-20H,6,8-12,14H2,1-5H3. The van der Waals surface area contributed by atoms with E-state index in [1.807, 2.05) is 0 Å². The van der Waals surface area contributed by atoms with E-state index < -0.39 is 5.60 Å². The van der Waals surface area contributed by atoms with Crippen molar-refractivity contribution in [2.75, 3.05) is 6.61 Å². The third-order valence-corrected chi connectivity index (χ3v) is 6.41. The van der Waals surface area contributed by atoms with E-state index >= 15 is 0 Å². The van der Waals surface area contributed by atoms with Crippen molar-refractivity contribution in [2.24, 2.45) is 5.92 Å². The maximum absolute atomic E-state index is 11.7. The Morgan fingerprint density at radius 3 is 2.54 bits per heavy atom. The smallest absolute Gasteiger partial charge is 0.303 e. The number of esters is 1. The lowest BCUT2D eigenvalue weighted by molar-refractivity contribution is -0.202. The summed E-state index contributed by atoms with van der Waals surface area (Å²) >= 11 is 0. The molecule has 0 spiro atoms. The highest BCUT2D eigenvalue weighted by molar-refractivity contribution is 5.66. The average molecular weight is 363 g/mol. The molecule has 146 valence electrons. The van der Waals surface area contributed by atoms with Gasteiger partial charge >= 0.3 is 5.97 Å². The number of epoxide rings is 1. The number of allylic oxidation sites excluding steroid dienone is 3. The van der Waals surface area contributed by atoms with E-state index in [-0.39, 0.29) is 23.8 Å². The van der Waals surface area contributed by atoms with Crippen LogP contribution in [0.25, 0.3) is 0 Å². The zero-order valence-electron chi connectivity index (χ0n) is 17.0. The third kappa shape index (κ3) is 4.40. The van der Waals surface area contributed by atoms with Gasteiger partial charge in [-0.2, -0.15) is 0 Å². The molecule has 5 atom stereocenters. The molecule has 2 bridgehead atoms. The zero-order valence-corrected chi connectivity index (χ0v) is 17.0. The van der Waals surface area contributed by atoms with Crippen molar-refractivity contribution >= 4 is 5.97 Å². The Labute approximate surface area is 158 Å². The van der Waals surface area contributed by atoms with Gasteiger partial charge in [0.1, 0.15) is 11.7 Å². The Kier molecular flexibility index (Phi) is 5.64. The van der Waals surface area contributed by atoms with Gasteiger partial charge in [-0.1, -0.05) is 23.3 Å². The highest BCUT2D eigenvalue weighted by atomic mass is 16.6. The van der Waals surface area contributed by atoms with Crippen LogP contribution in [0.1, 0.15) is 73.1 Å². The summed E-state index contributed by atoms with van der Waals surface area (Å²) in [5.74, 6) is 0.139. The molecule has 2 saturated heterocycles. The summed E-state index contributed by atoms with van der Waals surface area (Å²) in [7, 11) is 0. The quantitative estimate of drug-likeness (QED) is 0.405. The van der Waals surface area contributed by atoms with Crippen molar-refractivity contribution < 1.29 is 19.0 Å². The van der Waals surface area contributed by atoms with Gasteiger partial charge in [0.2, 0.25) is 0 Å². The van der Waals surface area contributed by atoms with Gasteiger partial charge in [0.25, 0.3) is 0 Å². The number of ether oxygens (including phenoxy) is 3. The summed E-state index contributed by atoms with van der Waals surface area (Å²) in [5, 5.41) is 0. The van der Waals surface area contributed by atoms with Crippen LogP contribution in [0.15, 0.2) is 23.3 Å². The molecule has 0 amide bonds. The lowest BCUT2D eigenvalue weighted by Gasteiger charge is -2.47. The van der Waals surface area contributed by atoms with Gasteiger partial charge in [-0.3, -0.25) is 4.79 Å². The summed E-state index contributed by atoms with van der Waals surface area (Å²) < 4.78 is 18.2. The number of hydrogen-bond acceptors (Lipinski definition) is 4. The molecule has 5 unspecified atom stereocenters. The maximum Gasteiger partial charge on any atom is 0.303 e. The SMILES string of the molecule is CC(=O)OC1CCC(C)=CCCC(C)=CC2OC1(C)CCC2C1(C)CO1. The van der Waals surface area contributed by atoms with Gasteiger partial charge in [-0.15, -0.1) is 0 Å². The Bertz CT molecular complexity index is 601. The maximum atomic E-state index is 11.7. The average Bonchev–Trinajstić information content (AvgIpc) is 3.28. The molecule has 2 fully saturated rings. The van der Waals surface area contributed by atoms with Gasteiger partial charge in [0.05, 0.1) is 18.3 Å². The second-order valence-electron chi connectivity index (χ2n) is 8.88. The first-order valence-corrected chi connectivity index (χ1v) is 10.0. The second-order valence-corrected chi connectivity index (χ2v) is 8.88. The number of carbonyl (C=O) groups excluding carboxylic acids is 1. The van der Waals surface area contributed by atoms with E-state index in [0.29, 0.717) is 5.92 Å². The number of rotatable bonds is 2. The lowest BCUT2D eigenvalue weighted by Crippen LogP contribution is -2.53. The number of fused-ring (bicyclic) bond motifs is 2. The first-order valence-electron chi connectivity index (χ1n) is 10.0. The molecule has 3 heterocycles. The van der Waals surface area contributed by atoms with E-state index in [1.54, 1.807) is 0 Å². The third-order valence-electron chi connectivity index (χ3n) is 6.41. The fourth-order valence-corrected chi connectivity index (χ4v) is 4.49. The van der Waals surface area contributed by atoms with Crippen molar-refractivity contribution in [3.05, 3.63) is 23.3 Å². The molecule has 4 heteroatoms. The van der Waals surface area contributed by atoms with E-state index in [9.17, 15) is 4.79 Å². The molecular weight excluding hydrogens is 328 g/mol. The normalized spacial score (nSPS) is 41.2. The van der Waals surface area contributed by atoms with Gasteiger partial charge in [0.15, 0.2) is 0 Å². The van der Waals surface area contributed by atoms with Gasteiger partial charge in [-0.25, -0.2) is 0 Å². The Balaban J connectivity index is 1.91. The highest BCUT2D eigenvalue weighted by Gasteiger charge is 2.55. The minimum Gasteiger partial charge on any atom is -0.459 e. The Hall–Kier alpha value is -1.13. The fraction of sp³-hybridized carbons (Fsp3) is 0.773. The molecule has 4 nitrogen and oxygen atoms in total. The Morgan fingerprint density at radius 1 is 1.15 bits per heavy atom. The zero-order chi connectivity index (χ0) is 18.9. The van der Waals surface area contributed by atoms with Crippen LogP contribution in [0.4, 0.5) is 0 Å². The summed E-state index contributed by atoms with van der Waals surface area (Å²) in [4.78, 5) is 11.7. The molecule has 26 heavy (non-hydrogen) atoms. The van der Waals surface area contributed by atoms with Crippen molar-refractivity contribution in [1.29, 1.82) is 0 Å². The molecule has 0 aromatic carbocycles. The van der Waals surface area contributed by atoms with Crippen LogP contribution in [0.3, 0.4) is 0 Å². The monoisotopic (exact) mass is 362 g/mol. The minimum atomic E-state index is -0.450. The molecule has 3 aliphatic rings. The van der Waals surface area contributed by atoms with E-state index in [1.165, 1.54) is 18.1 Å². The number of carbonyl (C=O) groups is 1. The van der Waals surface area contributed by atoms with E-state index in [2.05, 4.69) is 39.8 Å². The number of hydrogen-bond donors (Lipinski definition) is 0. The predicted molar refractivity (Wildman–Crippen MR) is 102 cm³/mol. The topological polar surface area (TPSA) is 48.1 Å². The van der Waals surface area contributed by atoms with E-state index in [4.69, 9.17) is 14.2 Å². The summed E-state index contributed by atoms with van der Waals surface area (Å²) in [6.45, 7) is 11.0.